The quantitative estimate of drug-likeness (QED) is 0.417. The van der Waals surface area contributed by atoms with E-state index in [9.17, 15) is 9.18 Å². The number of primary amides is 1. The molecule has 0 unspecified atom stereocenters. The number of rotatable bonds is 6. The predicted octanol–water partition coefficient (Wildman–Crippen LogP) is 4.97. The number of likely N-dealkylation sites (tertiary alicyclic amines) is 1. The molecular weight excluding hydrogens is 441 g/mol. The zero-order chi connectivity index (χ0) is 24.4. The molecule has 4 aromatic rings. The van der Waals surface area contributed by atoms with Crippen molar-refractivity contribution in [3.05, 3.63) is 102 Å². The molecule has 7 heteroatoms. The van der Waals surface area contributed by atoms with E-state index in [1.54, 1.807) is 36.5 Å². The van der Waals surface area contributed by atoms with Crippen LogP contribution in [0, 0.1) is 5.82 Å². The number of nitrogens with zero attached hydrogens (tertiary/aromatic N) is 3. The van der Waals surface area contributed by atoms with Crippen molar-refractivity contribution in [2.75, 3.05) is 12.3 Å². The summed E-state index contributed by atoms with van der Waals surface area (Å²) in [4.78, 5) is 22.9. The van der Waals surface area contributed by atoms with Crippen molar-refractivity contribution in [1.82, 2.24) is 14.9 Å². The van der Waals surface area contributed by atoms with Crippen LogP contribution in [0.3, 0.4) is 0 Å². The van der Waals surface area contributed by atoms with Crippen molar-refractivity contribution in [3.8, 4) is 22.3 Å². The van der Waals surface area contributed by atoms with Crippen LogP contribution in [0.4, 0.5) is 10.3 Å². The van der Waals surface area contributed by atoms with E-state index in [1.807, 2.05) is 30.3 Å². The molecule has 1 atom stereocenters. The zero-order valence-electron chi connectivity index (χ0n) is 19.2. The van der Waals surface area contributed by atoms with Crippen LogP contribution in [0.1, 0.15) is 40.5 Å². The molecule has 4 N–H and O–H groups in total. The molecule has 5 rings (SSSR count). The SMILES string of the molecule is NC(=O)c1cccc(-c2cnc(N)nc2[C@H]2CCCN2Cc2cccc(-c3ccccc3F)c2)c1. The normalized spacial score (nSPS) is 15.9. The lowest BCUT2D eigenvalue weighted by Crippen LogP contribution is -2.24. The average molecular weight is 468 g/mol. The molecule has 1 saturated heterocycles. The molecule has 1 aliphatic heterocycles. The van der Waals surface area contributed by atoms with Gasteiger partial charge in [-0.2, -0.15) is 0 Å². The first kappa shape index (κ1) is 22.7. The molecule has 1 fully saturated rings. The molecule has 6 nitrogen and oxygen atoms in total. The highest BCUT2D eigenvalue weighted by molar-refractivity contribution is 5.94. The van der Waals surface area contributed by atoms with Gasteiger partial charge in [-0.15, -0.1) is 0 Å². The lowest BCUT2D eigenvalue weighted by Gasteiger charge is -2.26. The summed E-state index contributed by atoms with van der Waals surface area (Å²) in [5, 5.41) is 0. The Morgan fingerprint density at radius 3 is 2.57 bits per heavy atom. The summed E-state index contributed by atoms with van der Waals surface area (Å²) in [6.45, 7) is 1.59. The fourth-order valence-corrected chi connectivity index (χ4v) is 4.82. The van der Waals surface area contributed by atoms with E-state index < -0.39 is 5.91 Å². The summed E-state index contributed by atoms with van der Waals surface area (Å²) in [7, 11) is 0. The van der Waals surface area contributed by atoms with Gasteiger partial charge in [0.25, 0.3) is 0 Å². The van der Waals surface area contributed by atoms with E-state index in [-0.39, 0.29) is 17.8 Å². The number of nitrogen functional groups attached to an aromatic ring is 1. The van der Waals surface area contributed by atoms with Gasteiger partial charge in [0, 0.05) is 29.4 Å². The van der Waals surface area contributed by atoms with Crippen LogP contribution >= 0.6 is 0 Å². The van der Waals surface area contributed by atoms with Gasteiger partial charge in [-0.05, 0) is 60.3 Å². The number of benzene rings is 3. The van der Waals surface area contributed by atoms with Crippen molar-refractivity contribution in [2.24, 2.45) is 5.73 Å². The van der Waals surface area contributed by atoms with Gasteiger partial charge in [0.05, 0.1) is 11.7 Å². The third-order valence-corrected chi connectivity index (χ3v) is 6.47. The molecule has 0 spiro atoms. The van der Waals surface area contributed by atoms with Crippen LogP contribution in [0.15, 0.2) is 79.0 Å². The number of carbonyl (C=O) groups is 1. The molecule has 0 aliphatic carbocycles. The molecule has 35 heavy (non-hydrogen) atoms. The molecule has 1 amide bonds. The molecular formula is C28H26FN5O. The van der Waals surface area contributed by atoms with E-state index in [0.29, 0.717) is 17.7 Å². The topological polar surface area (TPSA) is 98.1 Å². The lowest BCUT2D eigenvalue weighted by atomic mass is 9.97. The lowest BCUT2D eigenvalue weighted by molar-refractivity contribution is 0.100. The Kier molecular flexibility index (Phi) is 6.25. The van der Waals surface area contributed by atoms with Gasteiger partial charge >= 0.3 is 0 Å². The molecule has 176 valence electrons. The van der Waals surface area contributed by atoms with Crippen molar-refractivity contribution in [2.45, 2.75) is 25.4 Å². The third kappa shape index (κ3) is 4.76. The van der Waals surface area contributed by atoms with Crippen molar-refractivity contribution in [1.29, 1.82) is 0 Å². The van der Waals surface area contributed by atoms with Gasteiger partial charge in [-0.3, -0.25) is 9.69 Å². The number of amides is 1. The minimum Gasteiger partial charge on any atom is -0.368 e. The fraction of sp³-hybridized carbons (Fsp3) is 0.179. The second kappa shape index (κ2) is 9.64. The number of hydrogen-bond acceptors (Lipinski definition) is 5. The maximum atomic E-state index is 14.4. The van der Waals surface area contributed by atoms with Gasteiger partial charge < -0.3 is 11.5 Å². The van der Waals surface area contributed by atoms with Crippen LogP contribution in [0.2, 0.25) is 0 Å². The second-order valence-electron chi connectivity index (χ2n) is 8.78. The molecule has 0 bridgehead atoms. The van der Waals surface area contributed by atoms with Crippen molar-refractivity contribution in [3.63, 3.8) is 0 Å². The Labute approximate surface area is 203 Å². The number of nitrogens with two attached hydrogens (primary N) is 2. The van der Waals surface area contributed by atoms with Crippen molar-refractivity contribution >= 4 is 11.9 Å². The van der Waals surface area contributed by atoms with E-state index in [2.05, 4.69) is 20.9 Å². The number of hydrogen-bond donors (Lipinski definition) is 2. The highest BCUT2D eigenvalue weighted by atomic mass is 19.1. The van der Waals surface area contributed by atoms with E-state index in [4.69, 9.17) is 11.5 Å². The van der Waals surface area contributed by atoms with Gasteiger partial charge in [-0.25, -0.2) is 14.4 Å². The van der Waals surface area contributed by atoms with E-state index >= 15 is 0 Å². The number of carbonyl (C=O) groups excluding carboxylic acids is 1. The molecule has 0 saturated carbocycles. The maximum Gasteiger partial charge on any atom is 0.248 e. The van der Waals surface area contributed by atoms with Gasteiger partial charge in [0.1, 0.15) is 5.82 Å². The van der Waals surface area contributed by atoms with Gasteiger partial charge in [0.2, 0.25) is 11.9 Å². The van der Waals surface area contributed by atoms with Crippen LogP contribution in [0.5, 0.6) is 0 Å². The van der Waals surface area contributed by atoms with Crippen LogP contribution < -0.4 is 11.5 Å². The van der Waals surface area contributed by atoms with Crippen LogP contribution in [0.25, 0.3) is 22.3 Å². The van der Waals surface area contributed by atoms with Crippen molar-refractivity contribution < 1.29 is 9.18 Å². The Hall–Kier alpha value is -4.10. The summed E-state index contributed by atoms with van der Waals surface area (Å²) in [6, 6.07) is 22.0. The van der Waals surface area contributed by atoms with Crippen LogP contribution in [-0.4, -0.2) is 27.3 Å². The maximum absolute atomic E-state index is 14.4. The Bertz CT molecular complexity index is 1390. The first-order valence-electron chi connectivity index (χ1n) is 11.6. The molecule has 3 aromatic carbocycles. The average Bonchev–Trinajstić information content (AvgIpc) is 3.32. The van der Waals surface area contributed by atoms with E-state index in [1.165, 1.54) is 6.07 Å². The minimum atomic E-state index is -0.484. The van der Waals surface area contributed by atoms with E-state index in [0.717, 1.165) is 47.3 Å². The summed E-state index contributed by atoms with van der Waals surface area (Å²) in [6.07, 6.45) is 3.65. The summed E-state index contributed by atoms with van der Waals surface area (Å²) in [5.41, 5.74) is 17.0. The summed E-state index contributed by atoms with van der Waals surface area (Å²) >= 11 is 0. The molecule has 2 heterocycles. The monoisotopic (exact) mass is 467 g/mol. The summed E-state index contributed by atoms with van der Waals surface area (Å²) < 4.78 is 14.4. The molecule has 1 aliphatic rings. The fourth-order valence-electron chi connectivity index (χ4n) is 4.82. The predicted molar refractivity (Wildman–Crippen MR) is 135 cm³/mol. The highest BCUT2D eigenvalue weighted by Crippen LogP contribution is 2.38. The Balaban J connectivity index is 1.47. The number of halogens is 1. The second-order valence-corrected chi connectivity index (χ2v) is 8.78. The minimum absolute atomic E-state index is 0.0321. The molecule has 0 radical (unpaired) electrons. The smallest absolute Gasteiger partial charge is 0.248 e. The Morgan fingerprint density at radius 2 is 1.77 bits per heavy atom. The highest BCUT2D eigenvalue weighted by Gasteiger charge is 2.30. The number of anilines is 1. The zero-order valence-corrected chi connectivity index (χ0v) is 19.2. The largest absolute Gasteiger partial charge is 0.368 e. The first-order chi connectivity index (χ1) is 17.0. The number of aromatic nitrogens is 2. The standard InChI is InChI=1S/C28H26FN5O/c29-24-11-2-1-10-22(24)19-7-3-6-18(14-19)17-34-13-5-12-25(34)26-23(16-32-28(31)33-26)20-8-4-9-21(15-20)27(30)35/h1-4,6-11,14-16,25H,5,12-13,17H2,(H2,30,35)(H2,31,32,33)/t25-/m1/s1. The van der Waals surface area contributed by atoms with Crippen LogP contribution in [-0.2, 0) is 6.54 Å². The first-order valence-corrected chi connectivity index (χ1v) is 11.6. The van der Waals surface area contributed by atoms with Gasteiger partial charge in [0.15, 0.2) is 0 Å². The Morgan fingerprint density at radius 1 is 1.00 bits per heavy atom. The van der Waals surface area contributed by atoms with Gasteiger partial charge in [-0.1, -0.05) is 48.5 Å². The molecule has 1 aromatic heterocycles. The third-order valence-electron chi connectivity index (χ3n) is 6.47. The summed E-state index contributed by atoms with van der Waals surface area (Å²) in [5.74, 6) is -0.506.